The third-order valence-electron chi connectivity index (χ3n) is 6.58. The van der Waals surface area contributed by atoms with Gasteiger partial charge in [0.25, 0.3) is 0 Å². The van der Waals surface area contributed by atoms with E-state index in [1.54, 1.807) is 0 Å². The van der Waals surface area contributed by atoms with E-state index in [0.717, 1.165) is 65.7 Å². The van der Waals surface area contributed by atoms with E-state index in [1.807, 2.05) is 66.7 Å². The van der Waals surface area contributed by atoms with Crippen molar-refractivity contribution in [3.8, 4) is 28.7 Å². The molecule has 0 radical (unpaired) electrons. The molecule has 3 aromatic carbocycles. The Bertz CT molecular complexity index is 1280. The van der Waals surface area contributed by atoms with Gasteiger partial charge in [0.15, 0.2) is 0 Å². The van der Waals surface area contributed by atoms with E-state index < -0.39 is 11.9 Å². The first-order valence-corrected chi connectivity index (χ1v) is 13.8. The predicted molar refractivity (Wildman–Crippen MR) is 154 cm³/mol. The smallest absolute Gasteiger partial charge is 0.303 e. The van der Waals surface area contributed by atoms with Crippen molar-refractivity contribution in [3.63, 3.8) is 0 Å². The number of nitriles is 1. The van der Waals surface area contributed by atoms with Crippen molar-refractivity contribution in [1.29, 1.82) is 5.26 Å². The number of rotatable bonds is 18. The molecule has 40 heavy (non-hydrogen) atoms. The number of unbranched alkanes of at least 4 members (excludes halogenated alkanes) is 3. The van der Waals surface area contributed by atoms with Gasteiger partial charge in [0.1, 0.15) is 11.5 Å². The first-order valence-electron chi connectivity index (χ1n) is 13.8. The molecule has 0 aliphatic heterocycles. The molecule has 210 valence electrons. The van der Waals surface area contributed by atoms with E-state index in [0.29, 0.717) is 31.6 Å². The predicted octanol–water partition coefficient (Wildman–Crippen LogP) is 6.86. The third kappa shape index (κ3) is 10.5. The van der Waals surface area contributed by atoms with Crippen LogP contribution in [0.15, 0.2) is 66.7 Å². The van der Waals surface area contributed by atoms with Crippen LogP contribution in [-0.2, 0) is 28.9 Å². The normalized spacial score (nSPS) is 10.6. The summed E-state index contributed by atoms with van der Waals surface area (Å²) in [6.07, 6.45) is 5.85. The quantitative estimate of drug-likeness (QED) is 0.168. The monoisotopic (exact) mass is 543 g/mol. The van der Waals surface area contributed by atoms with E-state index in [9.17, 15) is 14.7 Å². The molecule has 0 saturated heterocycles. The van der Waals surface area contributed by atoms with Crippen LogP contribution >= 0.6 is 0 Å². The van der Waals surface area contributed by atoms with Crippen LogP contribution in [0.4, 0.5) is 0 Å². The molecule has 0 amide bonds. The van der Waals surface area contributed by atoms with Crippen LogP contribution in [0, 0.1) is 11.3 Å². The Labute approximate surface area is 236 Å². The topological polar surface area (TPSA) is 117 Å². The van der Waals surface area contributed by atoms with Gasteiger partial charge in [-0.15, -0.1) is 0 Å². The first-order chi connectivity index (χ1) is 19.5. The van der Waals surface area contributed by atoms with E-state index in [1.165, 1.54) is 0 Å². The highest BCUT2D eigenvalue weighted by Crippen LogP contribution is 2.28. The Balaban J connectivity index is 1.49. The van der Waals surface area contributed by atoms with Crippen molar-refractivity contribution < 1.29 is 29.3 Å². The summed E-state index contributed by atoms with van der Waals surface area (Å²) in [6, 6.07) is 24.0. The fourth-order valence-electron chi connectivity index (χ4n) is 4.60. The maximum Gasteiger partial charge on any atom is 0.303 e. The summed E-state index contributed by atoms with van der Waals surface area (Å²) < 4.78 is 11.9. The molecule has 0 unspecified atom stereocenters. The summed E-state index contributed by atoms with van der Waals surface area (Å²) in [5, 5.41) is 27.2. The molecule has 7 nitrogen and oxygen atoms in total. The lowest BCUT2D eigenvalue weighted by atomic mass is 9.97. The molecule has 0 aliphatic carbocycles. The maximum absolute atomic E-state index is 11.2. The number of aryl methyl sites for hydroxylation is 1. The van der Waals surface area contributed by atoms with E-state index in [2.05, 4.69) is 6.07 Å². The van der Waals surface area contributed by atoms with Crippen LogP contribution in [0.25, 0.3) is 11.1 Å². The van der Waals surface area contributed by atoms with Crippen LogP contribution < -0.4 is 9.47 Å². The minimum Gasteiger partial charge on any atom is -0.494 e. The van der Waals surface area contributed by atoms with Crippen LogP contribution in [0.1, 0.15) is 61.6 Å². The molecule has 0 atom stereocenters. The number of ether oxygens (including phenoxy) is 2. The van der Waals surface area contributed by atoms with Crippen molar-refractivity contribution in [1.82, 2.24) is 0 Å². The lowest BCUT2D eigenvalue weighted by Crippen LogP contribution is -2.07. The second-order valence-corrected chi connectivity index (χ2v) is 9.71. The number of hydrogen-bond donors (Lipinski definition) is 2. The highest BCUT2D eigenvalue weighted by atomic mass is 16.5. The van der Waals surface area contributed by atoms with Crippen molar-refractivity contribution in [3.05, 3.63) is 83.4 Å². The molecule has 3 rings (SSSR count). The van der Waals surface area contributed by atoms with E-state index in [4.69, 9.17) is 19.8 Å². The summed E-state index contributed by atoms with van der Waals surface area (Å²) in [5.41, 5.74) is 5.04. The van der Waals surface area contributed by atoms with E-state index >= 15 is 0 Å². The van der Waals surface area contributed by atoms with Gasteiger partial charge in [0, 0.05) is 12.8 Å². The molecule has 7 heteroatoms. The Morgan fingerprint density at radius 3 is 2.23 bits per heavy atom. The molecule has 3 aromatic rings. The minimum atomic E-state index is -0.863. The molecular formula is C33H37NO6. The highest BCUT2D eigenvalue weighted by molar-refractivity contribution is 5.68. The molecule has 0 bridgehead atoms. The van der Waals surface area contributed by atoms with Gasteiger partial charge in [0.05, 0.1) is 25.7 Å². The number of carboxylic acid groups (broad SMARTS) is 2. The minimum absolute atomic E-state index is 0.0153. The highest BCUT2D eigenvalue weighted by Gasteiger charge is 2.12. The van der Waals surface area contributed by atoms with Gasteiger partial charge >= 0.3 is 11.9 Å². The average Bonchev–Trinajstić information content (AvgIpc) is 2.94. The van der Waals surface area contributed by atoms with Crippen molar-refractivity contribution in [2.45, 2.75) is 64.2 Å². The SMILES string of the molecule is N#CCc1cc(OCCCCCCc2cccc(OCCCC(=O)O)c2CCC(=O)O)cc(-c2ccccc2)c1. The van der Waals surface area contributed by atoms with Gasteiger partial charge in [0.2, 0.25) is 0 Å². The average molecular weight is 544 g/mol. The zero-order valence-electron chi connectivity index (χ0n) is 22.8. The number of nitrogens with zero attached hydrogens (tertiary/aromatic N) is 1. The molecule has 0 spiro atoms. The van der Waals surface area contributed by atoms with Crippen LogP contribution in [0.5, 0.6) is 11.5 Å². The van der Waals surface area contributed by atoms with Gasteiger partial charge < -0.3 is 19.7 Å². The zero-order valence-corrected chi connectivity index (χ0v) is 22.8. The summed E-state index contributed by atoms with van der Waals surface area (Å²) in [6.45, 7) is 0.871. The van der Waals surface area contributed by atoms with Crippen LogP contribution in [0.3, 0.4) is 0 Å². The lowest BCUT2D eigenvalue weighted by molar-refractivity contribution is -0.138. The van der Waals surface area contributed by atoms with Gasteiger partial charge in [-0.05, 0) is 84.2 Å². The van der Waals surface area contributed by atoms with E-state index in [-0.39, 0.29) is 19.4 Å². The maximum atomic E-state index is 11.2. The molecule has 0 heterocycles. The Morgan fingerprint density at radius 1 is 0.725 bits per heavy atom. The van der Waals surface area contributed by atoms with Gasteiger partial charge in [-0.3, -0.25) is 9.59 Å². The summed E-state index contributed by atoms with van der Waals surface area (Å²) in [5.74, 6) is -0.306. The summed E-state index contributed by atoms with van der Waals surface area (Å²) in [7, 11) is 0. The third-order valence-corrected chi connectivity index (χ3v) is 6.58. The molecular weight excluding hydrogens is 506 g/mol. The fourth-order valence-corrected chi connectivity index (χ4v) is 4.60. The molecule has 0 aliphatic rings. The van der Waals surface area contributed by atoms with Crippen molar-refractivity contribution >= 4 is 11.9 Å². The zero-order chi connectivity index (χ0) is 28.6. The number of carboxylic acids is 2. The Hall–Kier alpha value is -4.31. The van der Waals surface area contributed by atoms with Gasteiger partial charge in [-0.1, -0.05) is 55.3 Å². The van der Waals surface area contributed by atoms with Crippen LogP contribution in [0.2, 0.25) is 0 Å². The van der Waals surface area contributed by atoms with Crippen LogP contribution in [-0.4, -0.2) is 35.4 Å². The Kier molecular flexibility index (Phi) is 12.6. The van der Waals surface area contributed by atoms with Crippen molar-refractivity contribution in [2.75, 3.05) is 13.2 Å². The Morgan fingerprint density at radius 2 is 1.48 bits per heavy atom. The summed E-state index contributed by atoms with van der Waals surface area (Å²) >= 11 is 0. The second kappa shape index (κ2) is 16.6. The number of benzene rings is 3. The van der Waals surface area contributed by atoms with Gasteiger partial charge in [-0.2, -0.15) is 5.26 Å². The second-order valence-electron chi connectivity index (χ2n) is 9.71. The molecule has 0 saturated carbocycles. The number of carbonyl (C=O) groups is 2. The number of aliphatic carboxylic acids is 2. The summed E-state index contributed by atoms with van der Waals surface area (Å²) in [4.78, 5) is 22.0. The van der Waals surface area contributed by atoms with Crippen molar-refractivity contribution in [2.24, 2.45) is 0 Å². The largest absolute Gasteiger partial charge is 0.494 e. The van der Waals surface area contributed by atoms with Gasteiger partial charge in [-0.25, -0.2) is 0 Å². The first kappa shape index (κ1) is 30.2. The number of hydrogen-bond acceptors (Lipinski definition) is 5. The molecule has 0 aromatic heterocycles. The molecule has 0 fully saturated rings. The fraction of sp³-hybridized carbons (Fsp3) is 0.364. The lowest BCUT2D eigenvalue weighted by Gasteiger charge is -2.15. The standard InChI is InChI=1S/C33H37NO6/c34-19-18-25-22-28(26-10-5-3-6-11-26)24-29(23-25)39-20-7-2-1-4-12-27-13-8-14-31(30(27)16-17-33(37)38)40-21-9-15-32(35)36/h3,5-6,8,10-11,13-14,22-24H,1-2,4,7,9,12,15-18,20-21H2,(H,35,36)(H,37,38). The molecule has 2 N–H and O–H groups in total.